The van der Waals surface area contributed by atoms with Gasteiger partial charge in [-0.3, -0.25) is 0 Å². The number of rotatable bonds is 1. The van der Waals surface area contributed by atoms with Crippen molar-refractivity contribution in [1.82, 2.24) is 4.98 Å². The minimum Gasteiger partial charge on any atom is -0.388 e. The Morgan fingerprint density at radius 2 is 2.43 bits per heavy atom. The van der Waals surface area contributed by atoms with Gasteiger partial charge < -0.3 is 15.7 Å². The maximum Gasteiger partial charge on any atom is 0.125 e. The average molecular weight is 193 g/mol. The van der Waals surface area contributed by atoms with E-state index in [1.165, 1.54) is 0 Å². The van der Waals surface area contributed by atoms with Crippen molar-refractivity contribution in [2.75, 3.05) is 23.7 Å². The number of anilines is 2. The summed E-state index contributed by atoms with van der Waals surface area (Å²) in [6.07, 6.45) is 2.49. The van der Waals surface area contributed by atoms with E-state index in [0.717, 1.165) is 18.7 Å². The van der Waals surface area contributed by atoms with Crippen LogP contribution in [0.1, 0.15) is 13.3 Å². The van der Waals surface area contributed by atoms with Crippen LogP contribution in [0.4, 0.5) is 11.5 Å². The summed E-state index contributed by atoms with van der Waals surface area (Å²) in [6.45, 7) is 3.39. The van der Waals surface area contributed by atoms with Crippen LogP contribution in [0, 0.1) is 0 Å². The van der Waals surface area contributed by atoms with Gasteiger partial charge in [-0.2, -0.15) is 0 Å². The van der Waals surface area contributed by atoms with Crippen molar-refractivity contribution < 1.29 is 5.11 Å². The molecule has 1 saturated heterocycles. The van der Waals surface area contributed by atoms with Gasteiger partial charge in [0.1, 0.15) is 5.82 Å². The van der Waals surface area contributed by atoms with Gasteiger partial charge in [-0.05, 0) is 19.4 Å². The summed E-state index contributed by atoms with van der Waals surface area (Å²) in [5.41, 5.74) is 6.06. The van der Waals surface area contributed by atoms with Gasteiger partial charge >= 0.3 is 0 Å². The predicted molar refractivity (Wildman–Crippen MR) is 56.1 cm³/mol. The molecule has 0 aliphatic carbocycles. The van der Waals surface area contributed by atoms with Crippen LogP contribution < -0.4 is 10.6 Å². The van der Waals surface area contributed by atoms with Gasteiger partial charge in [-0.1, -0.05) is 0 Å². The van der Waals surface area contributed by atoms with Gasteiger partial charge in [-0.25, -0.2) is 4.98 Å². The van der Waals surface area contributed by atoms with Crippen molar-refractivity contribution in [2.24, 2.45) is 0 Å². The smallest absolute Gasteiger partial charge is 0.125 e. The summed E-state index contributed by atoms with van der Waals surface area (Å²) >= 11 is 0. The summed E-state index contributed by atoms with van der Waals surface area (Å²) < 4.78 is 0. The zero-order valence-electron chi connectivity index (χ0n) is 8.27. The van der Waals surface area contributed by atoms with Gasteiger partial charge in [0.25, 0.3) is 0 Å². The molecule has 1 aliphatic heterocycles. The molecule has 0 amide bonds. The van der Waals surface area contributed by atoms with E-state index in [4.69, 9.17) is 5.73 Å². The highest BCUT2D eigenvalue weighted by atomic mass is 16.3. The highest BCUT2D eigenvalue weighted by Gasteiger charge is 2.31. The molecule has 1 aromatic heterocycles. The standard InChI is InChI=1S/C10H15N3O/c1-10(14)3-5-13(7-10)8-2-4-12-9(11)6-8/h2,4,6,14H,3,5,7H2,1H3,(H2,11,12). The summed E-state index contributed by atoms with van der Waals surface area (Å²) in [6, 6.07) is 3.75. The Labute approximate surface area is 83.4 Å². The van der Waals surface area contributed by atoms with Crippen LogP contribution in [-0.2, 0) is 0 Å². The minimum atomic E-state index is -0.571. The highest BCUT2D eigenvalue weighted by molar-refractivity contribution is 5.53. The number of nitrogens with zero attached hydrogens (tertiary/aromatic N) is 2. The van der Waals surface area contributed by atoms with Gasteiger partial charge in [0.2, 0.25) is 0 Å². The molecule has 2 heterocycles. The molecule has 0 saturated carbocycles. The molecule has 1 unspecified atom stereocenters. The molecule has 0 spiro atoms. The number of hydrogen-bond acceptors (Lipinski definition) is 4. The maximum absolute atomic E-state index is 9.81. The SMILES string of the molecule is CC1(O)CCN(c2ccnc(N)c2)C1. The molecule has 0 aromatic carbocycles. The second kappa shape index (κ2) is 3.13. The number of aliphatic hydroxyl groups is 1. The summed E-state index contributed by atoms with van der Waals surface area (Å²) in [5.74, 6) is 0.522. The van der Waals surface area contributed by atoms with Gasteiger partial charge in [0.15, 0.2) is 0 Å². The Kier molecular flexibility index (Phi) is 2.07. The van der Waals surface area contributed by atoms with Gasteiger partial charge in [0.05, 0.1) is 5.60 Å². The molecule has 1 aromatic rings. The molecule has 1 aliphatic rings. The average Bonchev–Trinajstić information content (AvgIpc) is 2.46. The second-order valence-electron chi connectivity index (χ2n) is 4.11. The number of nitrogens with two attached hydrogens (primary N) is 1. The van der Waals surface area contributed by atoms with Crippen LogP contribution in [0.15, 0.2) is 18.3 Å². The third-order valence-corrected chi connectivity index (χ3v) is 2.58. The van der Waals surface area contributed by atoms with E-state index in [0.29, 0.717) is 12.4 Å². The van der Waals surface area contributed by atoms with Crippen LogP contribution in [0.25, 0.3) is 0 Å². The lowest BCUT2D eigenvalue weighted by Crippen LogP contribution is -2.29. The predicted octanol–water partition coefficient (Wildman–Crippen LogP) is 0.625. The van der Waals surface area contributed by atoms with Crippen molar-refractivity contribution in [3.05, 3.63) is 18.3 Å². The first-order valence-electron chi connectivity index (χ1n) is 4.76. The van der Waals surface area contributed by atoms with Crippen LogP contribution in [0.5, 0.6) is 0 Å². The Morgan fingerprint density at radius 3 is 3.00 bits per heavy atom. The summed E-state index contributed by atoms with van der Waals surface area (Å²) in [5, 5.41) is 9.81. The number of nitrogen functional groups attached to an aromatic ring is 1. The van der Waals surface area contributed by atoms with Crippen molar-refractivity contribution in [3.8, 4) is 0 Å². The minimum absolute atomic E-state index is 0.522. The molecule has 1 fully saturated rings. The second-order valence-corrected chi connectivity index (χ2v) is 4.11. The fourth-order valence-corrected chi connectivity index (χ4v) is 1.80. The van der Waals surface area contributed by atoms with E-state index < -0.39 is 5.60 Å². The van der Waals surface area contributed by atoms with Crippen molar-refractivity contribution in [2.45, 2.75) is 18.9 Å². The first kappa shape index (κ1) is 9.27. The molecule has 4 heteroatoms. The fourth-order valence-electron chi connectivity index (χ4n) is 1.80. The van der Waals surface area contributed by atoms with Crippen LogP contribution in [0.2, 0.25) is 0 Å². The molecule has 1 atom stereocenters. The first-order chi connectivity index (χ1) is 6.57. The topological polar surface area (TPSA) is 62.4 Å². The largest absolute Gasteiger partial charge is 0.388 e. The van der Waals surface area contributed by atoms with Crippen molar-refractivity contribution in [1.29, 1.82) is 0 Å². The highest BCUT2D eigenvalue weighted by Crippen LogP contribution is 2.26. The van der Waals surface area contributed by atoms with E-state index in [-0.39, 0.29) is 0 Å². The summed E-state index contributed by atoms with van der Waals surface area (Å²) in [7, 11) is 0. The van der Waals surface area contributed by atoms with Gasteiger partial charge in [-0.15, -0.1) is 0 Å². The Bertz CT molecular complexity index is 338. The van der Waals surface area contributed by atoms with E-state index in [2.05, 4.69) is 9.88 Å². The molecule has 2 rings (SSSR count). The Hall–Kier alpha value is -1.29. The zero-order valence-corrected chi connectivity index (χ0v) is 8.27. The molecule has 14 heavy (non-hydrogen) atoms. The number of β-amino-alcohol motifs (C(OH)–C–C–N with tert-alkyl or cyclic N) is 1. The molecule has 0 bridgehead atoms. The first-order valence-corrected chi connectivity index (χ1v) is 4.76. The third kappa shape index (κ3) is 1.80. The Morgan fingerprint density at radius 1 is 1.64 bits per heavy atom. The van der Waals surface area contributed by atoms with Crippen LogP contribution in [-0.4, -0.2) is 28.8 Å². The van der Waals surface area contributed by atoms with Crippen molar-refractivity contribution >= 4 is 11.5 Å². The lowest BCUT2D eigenvalue weighted by molar-refractivity contribution is 0.0839. The maximum atomic E-state index is 9.81. The number of hydrogen-bond donors (Lipinski definition) is 2. The molecular formula is C10H15N3O. The van der Waals surface area contributed by atoms with Crippen LogP contribution in [0.3, 0.4) is 0 Å². The monoisotopic (exact) mass is 193 g/mol. The van der Waals surface area contributed by atoms with E-state index >= 15 is 0 Å². The molecular weight excluding hydrogens is 178 g/mol. The lowest BCUT2D eigenvalue weighted by Gasteiger charge is -2.20. The van der Waals surface area contributed by atoms with E-state index in [1.807, 2.05) is 19.1 Å². The lowest BCUT2D eigenvalue weighted by atomic mass is 10.1. The van der Waals surface area contributed by atoms with Crippen molar-refractivity contribution in [3.63, 3.8) is 0 Å². The molecule has 4 nitrogen and oxygen atoms in total. The molecule has 3 N–H and O–H groups in total. The number of pyridine rings is 1. The normalized spacial score (nSPS) is 26.9. The molecule has 0 radical (unpaired) electrons. The molecule has 76 valence electrons. The fraction of sp³-hybridized carbons (Fsp3) is 0.500. The van der Waals surface area contributed by atoms with Gasteiger partial charge in [0, 0.05) is 31.0 Å². The third-order valence-electron chi connectivity index (χ3n) is 2.58. The van der Waals surface area contributed by atoms with E-state index in [1.54, 1.807) is 6.20 Å². The van der Waals surface area contributed by atoms with E-state index in [9.17, 15) is 5.11 Å². The Balaban J connectivity index is 2.17. The summed E-state index contributed by atoms with van der Waals surface area (Å²) in [4.78, 5) is 6.06. The number of aromatic nitrogens is 1. The van der Waals surface area contributed by atoms with Crippen LogP contribution >= 0.6 is 0 Å². The quantitative estimate of drug-likeness (QED) is 0.686. The zero-order chi connectivity index (χ0) is 10.2.